The van der Waals surface area contributed by atoms with Gasteiger partial charge in [-0.15, -0.1) is 0 Å². The van der Waals surface area contributed by atoms with Crippen LogP contribution in [0.2, 0.25) is 0 Å². The van der Waals surface area contributed by atoms with Crippen molar-refractivity contribution in [3.8, 4) is 0 Å². The van der Waals surface area contributed by atoms with Gasteiger partial charge in [0.1, 0.15) is 0 Å². The fraction of sp³-hybridized carbons (Fsp3) is 0.500. The van der Waals surface area contributed by atoms with E-state index in [4.69, 9.17) is 0 Å². The zero-order valence-corrected chi connectivity index (χ0v) is 13.5. The van der Waals surface area contributed by atoms with Crippen LogP contribution < -0.4 is 4.72 Å². The molecule has 20 heavy (non-hydrogen) atoms. The van der Waals surface area contributed by atoms with Gasteiger partial charge in [-0.05, 0) is 30.4 Å². The number of nitrogens with one attached hydrogen (secondary N) is 1. The van der Waals surface area contributed by atoms with E-state index in [1.165, 1.54) is 6.07 Å². The second-order valence-electron chi connectivity index (χ2n) is 4.80. The Hall–Kier alpha value is -0.570. The lowest BCUT2D eigenvalue weighted by Gasteiger charge is -2.12. The van der Waals surface area contributed by atoms with Gasteiger partial charge < -0.3 is 0 Å². The topological polar surface area (TPSA) is 80.3 Å². The molecule has 2 rings (SSSR count). The smallest absolute Gasteiger partial charge is 0.229 e. The van der Waals surface area contributed by atoms with Crippen molar-refractivity contribution in [1.29, 1.82) is 0 Å². The molecule has 0 aliphatic carbocycles. The SMILES string of the molecule is CSCc1cccc(S(=O)(=O)N[C@H]2CCS(=O)(=O)C2)c1. The summed E-state index contributed by atoms with van der Waals surface area (Å²) in [6, 6.07) is 6.20. The number of thioether (sulfide) groups is 1. The molecule has 1 saturated heterocycles. The highest BCUT2D eigenvalue weighted by atomic mass is 32.2. The summed E-state index contributed by atoms with van der Waals surface area (Å²) in [6.45, 7) is 0. The third kappa shape index (κ3) is 3.97. The second-order valence-corrected chi connectivity index (χ2v) is 9.61. The van der Waals surface area contributed by atoms with Gasteiger partial charge in [0.2, 0.25) is 10.0 Å². The summed E-state index contributed by atoms with van der Waals surface area (Å²) < 4.78 is 49.7. The Kier molecular flexibility index (Phi) is 4.78. The van der Waals surface area contributed by atoms with Crippen molar-refractivity contribution >= 4 is 31.6 Å². The van der Waals surface area contributed by atoms with Crippen LogP contribution in [0, 0.1) is 0 Å². The Labute approximate surface area is 124 Å². The fourth-order valence-corrected chi connectivity index (χ4v) is 5.78. The van der Waals surface area contributed by atoms with E-state index in [1.54, 1.807) is 23.9 Å². The monoisotopic (exact) mass is 335 g/mol. The Morgan fingerprint density at radius 2 is 2.15 bits per heavy atom. The van der Waals surface area contributed by atoms with Gasteiger partial charge in [0.25, 0.3) is 0 Å². The molecule has 0 saturated carbocycles. The van der Waals surface area contributed by atoms with Crippen molar-refractivity contribution in [2.75, 3.05) is 17.8 Å². The molecule has 0 bridgehead atoms. The lowest BCUT2D eigenvalue weighted by Crippen LogP contribution is -2.35. The minimum atomic E-state index is -3.66. The molecule has 112 valence electrons. The molecule has 0 aromatic heterocycles. The molecule has 0 amide bonds. The first kappa shape index (κ1) is 15.8. The van der Waals surface area contributed by atoms with E-state index < -0.39 is 25.9 Å². The molecule has 1 aromatic carbocycles. The van der Waals surface area contributed by atoms with Crippen LogP contribution in [0.1, 0.15) is 12.0 Å². The van der Waals surface area contributed by atoms with Gasteiger partial charge in [0.05, 0.1) is 16.4 Å². The van der Waals surface area contributed by atoms with Gasteiger partial charge in [0, 0.05) is 11.8 Å². The molecule has 1 N–H and O–H groups in total. The number of rotatable bonds is 5. The van der Waals surface area contributed by atoms with Crippen molar-refractivity contribution in [2.24, 2.45) is 0 Å². The minimum Gasteiger partial charge on any atom is -0.229 e. The number of hydrogen-bond donors (Lipinski definition) is 1. The average molecular weight is 335 g/mol. The summed E-state index contributed by atoms with van der Waals surface area (Å²) >= 11 is 1.61. The summed E-state index contributed by atoms with van der Waals surface area (Å²) in [5.41, 5.74) is 0.930. The minimum absolute atomic E-state index is 0.0483. The zero-order valence-electron chi connectivity index (χ0n) is 11.1. The van der Waals surface area contributed by atoms with Crippen LogP contribution in [0.5, 0.6) is 0 Å². The third-order valence-electron chi connectivity index (χ3n) is 3.07. The highest BCUT2D eigenvalue weighted by Gasteiger charge is 2.31. The summed E-state index contributed by atoms with van der Waals surface area (Å²) in [5.74, 6) is 0.671. The number of sulfonamides is 1. The van der Waals surface area contributed by atoms with Crippen molar-refractivity contribution in [2.45, 2.75) is 23.1 Å². The Balaban J connectivity index is 2.16. The van der Waals surface area contributed by atoms with Crippen molar-refractivity contribution in [3.63, 3.8) is 0 Å². The largest absolute Gasteiger partial charge is 0.240 e. The van der Waals surface area contributed by atoms with Gasteiger partial charge in [-0.2, -0.15) is 11.8 Å². The number of sulfone groups is 1. The Morgan fingerprint density at radius 3 is 2.75 bits per heavy atom. The molecule has 1 aliphatic heterocycles. The molecule has 0 radical (unpaired) electrons. The first-order valence-corrected chi connectivity index (χ1v) is 10.8. The van der Waals surface area contributed by atoms with Crippen LogP contribution >= 0.6 is 11.8 Å². The van der Waals surface area contributed by atoms with Gasteiger partial charge in [-0.1, -0.05) is 12.1 Å². The van der Waals surface area contributed by atoms with E-state index in [2.05, 4.69) is 4.72 Å². The van der Waals surface area contributed by atoms with E-state index in [0.717, 1.165) is 11.3 Å². The van der Waals surface area contributed by atoms with Crippen LogP contribution in [-0.4, -0.2) is 40.6 Å². The molecule has 8 heteroatoms. The molecule has 0 spiro atoms. The number of benzene rings is 1. The zero-order chi connectivity index (χ0) is 14.8. The first-order chi connectivity index (χ1) is 9.32. The van der Waals surface area contributed by atoms with Gasteiger partial charge in [-0.3, -0.25) is 0 Å². The maximum atomic E-state index is 12.2. The molecule has 1 atom stereocenters. The van der Waals surface area contributed by atoms with Crippen molar-refractivity contribution in [3.05, 3.63) is 29.8 Å². The summed E-state index contributed by atoms with van der Waals surface area (Å²) in [6.07, 6.45) is 2.29. The lowest BCUT2D eigenvalue weighted by molar-refractivity contribution is 0.562. The van der Waals surface area contributed by atoms with Crippen molar-refractivity contribution < 1.29 is 16.8 Å². The van der Waals surface area contributed by atoms with E-state index in [-0.39, 0.29) is 16.4 Å². The number of hydrogen-bond acceptors (Lipinski definition) is 5. The molecule has 1 aliphatic rings. The third-order valence-corrected chi connectivity index (χ3v) is 6.98. The highest BCUT2D eigenvalue weighted by Crippen LogP contribution is 2.18. The second kappa shape index (κ2) is 6.05. The Morgan fingerprint density at radius 1 is 1.40 bits per heavy atom. The predicted molar refractivity (Wildman–Crippen MR) is 81.0 cm³/mol. The Bertz CT molecular complexity index is 682. The van der Waals surface area contributed by atoms with Gasteiger partial charge in [-0.25, -0.2) is 21.6 Å². The van der Waals surface area contributed by atoms with Crippen LogP contribution in [0.4, 0.5) is 0 Å². The summed E-state index contributed by atoms with van der Waals surface area (Å²) in [7, 11) is -6.76. The summed E-state index contributed by atoms with van der Waals surface area (Å²) in [5, 5.41) is 0. The van der Waals surface area contributed by atoms with Crippen LogP contribution in [0.25, 0.3) is 0 Å². The molecule has 5 nitrogen and oxygen atoms in total. The molecule has 1 heterocycles. The predicted octanol–water partition coefficient (Wildman–Crippen LogP) is 1.01. The van der Waals surface area contributed by atoms with Crippen LogP contribution in [0.3, 0.4) is 0 Å². The molecule has 0 unspecified atom stereocenters. The quantitative estimate of drug-likeness (QED) is 0.869. The molecule has 1 fully saturated rings. The standard InChI is InChI=1S/C12H17NO4S3/c1-18-8-10-3-2-4-12(7-10)20(16,17)13-11-5-6-19(14,15)9-11/h2-4,7,11,13H,5-6,8-9H2,1H3/t11-/m0/s1. The van der Waals surface area contributed by atoms with Gasteiger partial charge >= 0.3 is 0 Å². The van der Waals surface area contributed by atoms with E-state index in [0.29, 0.717) is 6.42 Å². The summed E-state index contributed by atoms with van der Waals surface area (Å²) in [4.78, 5) is 0.188. The molecular formula is C12H17NO4S3. The average Bonchev–Trinajstić information content (AvgIpc) is 2.69. The van der Waals surface area contributed by atoms with Crippen LogP contribution in [0.15, 0.2) is 29.2 Å². The lowest BCUT2D eigenvalue weighted by atomic mass is 10.2. The van der Waals surface area contributed by atoms with Crippen molar-refractivity contribution in [1.82, 2.24) is 4.72 Å². The van der Waals surface area contributed by atoms with E-state index in [1.807, 2.05) is 12.3 Å². The van der Waals surface area contributed by atoms with Gasteiger partial charge in [0.15, 0.2) is 9.84 Å². The van der Waals surface area contributed by atoms with E-state index in [9.17, 15) is 16.8 Å². The molecular weight excluding hydrogens is 318 g/mol. The maximum absolute atomic E-state index is 12.2. The maximum Gasteiger partial charge on any atom is 0.240 e. The van der Waals surface area contributed by atoms with E-state index >= 15 is 0 Å². The first-order valence-electron chi connectivity index (χ1n) is 6.13. The van der Waals surface area contributed by atoms with Crippen LogP contribution in [-0.2, 0) is 25.6 Å². The normalized spacial score (nSPS) is 21.9. The molecule has 1 aromatic rings. The highest BCUT2D eigenvalue weighted by molar-refractivity contribution is 7.97. The fourth-order valence-electron chi connectivity index (χ4n) is 2.14.